The lowest BCUT2D eigenvalue weighted by atomic mass is 10.1. The van der Waals surface area contributed by atoms with E-state index in [1.807, 2.05) is 30.0 Å². The van der Waals surface area contributed by atoms with Crippen molar-refractivity contribution in [1.29, 1.82) is 0 Å². The van der Waals surface area contributed by atoms with Gasteiger partial charge in [-0.1, -0.05) is 43.3 Å². The molecule has 0 atom stereocenters. The van der Waals surface area contributed by atoms with Gasteiger partial charge in [-0.2, -0.15) is 0 Å². The first-order valence-electron chi connectivity index (χ1n) is 10.4. The van der Waals surface area contributed by atoms with Gasteiger partial charge in [0, 0.05) is 32.1 Å². The summed E-state index contributed by atoms with van der Waals surface area (Å²) < 4.78 is 5.39. The molecular weight excluding hydrogens is 493 g/mol. The Morgan fingerprint density at radius 2 is 2.03 bits per heavy atom. The van der Waals surface area contributed by atoms with Gasteiger partial charge in [0.1, 0.15) is 0 Å². The lowest BCUT2D eigenvalue weighted by molar-refractivity contribution is -0.128. The predicted molar refractivity (Wildman–Crippen MR) is 129 cm³/mol. The molecule has 1 fully saturated rings. The maximum Gasteiger partial charge on any atom is 0.222 e. The van der Waals surface area contributed by atoms with Crippen LogP contribution in [0, 0.1) is 0 Å². The summed E-state index contributed by atoms with van der Waals surface area (Å²) in [6.45, 7) is 9.55. The maximum absolute atomic E-state index is 12.0. The summed E-state index contributed by atoms with van der Waals surface area (Å²) in [5, 5.41) is 10.7. The molecular formula is C22H32IN5O2. The minimum atomic E-state index is 0. The molecule has 2 N–H and O–H groups in total. The van der Waals surface area contributed by atoms with Crippen LogP contribution in [0.2, 0.25) is 0 Å². The summed E-state index contributed by atoms with van der Waals surface area (Å²) >= 11 is 0. The van der Waals surface area contributed by atoms with Crippen LogP contribution in [-0.4, -0.2) is 35.0 Å². The smallest absolute Gasteiger partial charge is 0.222 e. The Morgan fingerprint density at radius 3 is 2.67 bits per heavy atom. The van der Waals surface area contributed by atoms with E-state index in [1.165, 1.54) is 0 Å². The Bertz CT molecular complexity index is 850. The number of amides is 1. The number of hydrogen-bond acceptors (Lipinski definition) is 4. The number of nitrogens with one attached hydrogen (secondary N) is 2. The molecule has 3 rings (SSSR count). The Labute approximate surface area is 195 Å². The van der Waals surface area contributed by atoms with E-state index in [0.29, 0.717) is 32.0 Å². The fraction of sp³-hybridized carbons (Fsp3) is 0.500. The number of benzene rings is 1. The normalized spacial score (nSPS) is 14.2. The molecule has 0 aliphatic carbocycles. The zero-order chi connectivity index (χ0) is 20.6. The molecule has 8 heteroatoms. The van der Waals surface area contributed by atoms with E-state index in [-0.39, 0.29) is 29.9 Å². The Balaban J connectivity index is 0.00000320. The van der Waals surface area contributed by atoms with Crippen molar-refractivity contribution < 1.29 is 9.32 Å². The minimum Gasteiger partial charge on any atom is -0.359 e. The number of halogens is 1. The molecule has 1 saturated heterocycles. The number of carbonyl (C=O) groups excluding carboxylic acids is 1. The minimum absolute atomic E-state index is 0. The van der Waals surface area contributed by atoms with Crippen molar-refractivity contribution in [2.45, 2.75) is 59.2 Å². The molecule has 0 saturated carbocycles. The first kappa shape index (κ1) is 24.2. The topological polar surface area (TPSA) is 82.8 Å². The van der Waals surface area contributed by atoms with Gasteiger partial charge in [-0.25, -0.2) is 4.99 Å². The number of aliphatic imine (C=N–C) groups is 1. The summed E-state index contributed by atoms with van der Waals surface area (Å²) in [7, 11) is 0. The van der Waals surface area contributed by atoms with Gasteiger partial charge in [0.25, 0.3) is 0 Å². The number of hydrogen-bond donors (Lipinski definition) is 2. The van der Waals surface area contributed by atoms with Crippen LogP contribution in [0.4, 0.5) is 0 Å². The van der Waals surface area contributed by atoms with Crippen LogP contribution in [0.15, 0.2) is 39.8 Å². The number of nitrogens with zero attached hydrogens (tertiary/aromatic N) is 3. The number of rotatable bonds is 8. The quantitative estimate of drug-likeness (QED) is 0.312. The average molecular weight is 525 g/mol. The van der Waals surface area contributed by atoms with Gasteiger partial charge in [-0.15, -0.1) is 24.0 Å². The van der Waals surface area contributed by atoms with Crippen molar-refractivity contribution in [2.75, 3.05) is 13.1 Å². The molecule has 2 heterocycles. The largest absolute Gasteiger partial charge is 0.359 e. The summed E-state index contributed by atoms with van der Waals surface area (Å²) in [5.41, 5.74) is 3.24. The van der Waals surface area contributed by atoms with Gasteiger partial charge >= 0.3 is 0 Å². The van der Waals surface area contributed by atoms with Crippen LogP contribution in [0.25, 0.3) is 0 Å². The molecule has 1 aromatic carbocycles. The molecule has 1 aliphatic rings. The number of carbonyl (C=O) groups is 1. The van der Waals surface area contributed by atoms with E-state index in [1.54, 1.807) is 0 Å². The molecule has 1 aliphatic heterocycles. The molecule has 1 aromatic heterocycles. The van der Waals surface area contributed by atoms with Gasteiger partial charge < -0.3 is 20.1 Å². The lowest BCUT2D eigenvalue weighted by Crippen LogP contribution is -2.36. The number of aromatic nitrogens is 1. The first-order valence-corrected chi connectivity index (χ1v) is 10.4. The van der Waals surface area contributed by atoms with E-state index in [4.69, 9.17) is 9.52 Å². The number of likely N-dealkylation sites (tertiary alicyclic amines) is 1. The van der Waals surface area contributed by atoms with E-state index >= 15 is 0 Å². The van der Waals surface area contributed by atoms with E-state index in [9.17, 15) is 4.79 Å². The third-order valence-corrected chi connectivity index (χ3v) is 5.00. The van der Waals surface area contributed by atoms with Gasteiger partial charge in [-0.3, -0.25) is 4.79 Å². The second-order valence-electron chi connectivity index (χ2n) is 7.61. The second-order valence-corrected chi connectivity index (χ2v) is 7.61. The van der Waals surface area contributed by atoms with Crippen molar-refractivity contribution in [3.05, 3.63) is 52.9 Å². The molecule has 1 amide bonds. The zero-order valence-corrected chi connectivity index (χ0v) is 20.3. The predicted octanol–water partition coefficient (Wildman–Crippen LogP) is 3.79. The number of guanidine groups is 1. The molecule has 7 nitrogen and oxygen atoms in total. The summed E-state index contributed by atoms with van der Waals surface area (Å²) in [6.07, 6.45) is 1.61. The molecule has 30 heavy (non-hydrogen) atoms. The highest BCUT2D eigenvalue weighted by molar-refractivity contribution is 14.0. The van der Waals surface area contributed by atoms with Crippen molar-refractivity contribution in [1.82, 2.24) is 20.7 Å². The Kier molecular flexibility index (Phi) is 9.61. The van der Waals surface area contributed by atoms with Crippen LogP contribution >= 0.6 is 24.0 Å². The van der Waals surface area contributed by atoms with E-state index in [2.05, 4.69) is 41.8 Å². The highest BCUT2D eigenvalue weighted by Gasteiger charge is 2.20. The van der Waals surface area contributed by atoms with Crippen LogP contribution < -0.4 is 10.6 Å². The van der Waals surface area contributed by atoms with Gasteiger partial charge in [0.05, 0.1) is 18.8 Å². The highest BCUT2D eigenvalue weighted by atomic mass is 127. The van der Waals surface area contributed by atoms with Gasteiger partial charge in [0.2, 0.25) is 5.91 Å². The van der Waals surface area contributed by atoms with Crippen molar-refractivity contribution in [3.8, 4) is 0 Å². The summed E-state index contributed by atoms with van der Waals surface area (Å²) in [6, 6.07) is 10.2. The molecule has 2 aromatic rings. The monoisotopic (exact) mass is 525 g/mol. The third-order valence-electron chi connectivity index (χ3n) is 5.00. The Morgan fingerprint density at radius 1 is 1.27 bits per heavy atom. The fourth-order valence-electron chi connectivity index (χ4n) is 3.30. The maximum atomic E-state index is 12.0. The summed E-state index contributed by atoms with van der Waals surface area (Å²) in [5.74, 6) is 2.09. The van der Waals surface area contributed by atoms with Crippen molar-refractivity contribution in [2.24, 2.45) is 4.99 Å². The SMILES string of the molecule is CCNC(=NCc1ccccc1CN1CCCC1=O)NCc1cc(C(C)C)no1.I. The third kappa shape index (κ3) is 6.72. The molecule has 0 radical (unpaired) electrons. The zero-order valence-electron chi connectivity index (χ0n) is 18.0. The average Bonchev–Trinajstić information content (AvgIpc) is 3.34. The highest BCUT2D eigenvalue weighted by Crippen LogP contribution is 2.18. The molecule has 0 spiro atoms. The summed E-state index contributed by atoms with van der Waals surface area (Å²) in [4.78, 5) is 18.6. The van der Waals surface area contributed by atoms with Gasteiger partial charge in [-0.05, 0) is 30.4 Å². The molecule has 0 unspecified atom stereocenters. The molecule has 0 bridgehead atoms. The van der Waals surface area contributed by atoms with Crippen LogP contribution in [0.5, 0.6) is 0 Å². The van der Waals surface area contributed by atoms with Gasteiger partial charge in [0.15, 0.2) is 11.7 Å². The second kappa shape index (κ2) is 11.9. The fourth-order valence-corrected chi connectivity index (χ4v) is 3.30. The Hall–Kier alpha value is -2.10. The van der Waals surface area contributed by atoms with Crippen LogP contribution in [0.3, 0.4) is 0 Å². The van der Waals surface area contributed by atoms with E-state index in [0.717, 1.165) is 48.1 Å². The van der Waals surface area contributed by atoms with E-state index < -0.39 is 0 Å². The van der Waals surface area contributed by atoms with Crippen LogP contribution in [0.1, 0.15) is 62.1 Å². The van der Waals surface area contributed by atoms with Crippen LogP contribution in [-0.2, 0) is 24.4 Å². The molecule has 164 valence electrons. The standard InChI is InChI=1S/C22H31N5O2.HI/c1-4-23-22(25-14-19-12-20(16(2)3)26-29-19)24-13-17-8-5-6-9-18(17)15-27-11-7-10-21(27)28;/h5-6,8-9,12,16H,4,7,10-11,13-15H2,1-3H3,(H2,23,24,25);1H. The van der Waals surface area contributed by atoms with Crippen molar-refractivity contribution >= 4 is 35.8 Å². The lowest BCUT2D eigenvalue weighted by Gasteiger charge is -2.18. The first-order chi connectivity index (χ1) is 14.1. The van der Waals surface area contributed by atoms with Crippen molar-refractivity contribution in [3.63, 3.8) is 0 Å².